The molecule has 0 saturated heterocycles. The molecule has 11 heteroatoms. The monoisotopic (exact) mass is 504 g/mol. The number of amides is 1. The van der Waals surface area contributed by atoms with Crippen LogP contribution in [0.1, 0.15) is 56.9 Å². The number of hydrogen-bond donors (Lipinski definition) is 1. The molecule has 2 atom stereocenters. The number of pyridine rings is 2. The van der Waals surface area contributed by atoms with E-state index in [9.17, 15) is 13.6 Å². The lowest BCUT2D eigenvalue weighted by molar-refractivity contribution is 0.102. The summed E-state index contributed by atoms with van der Waals surface area (Å²) in [5.74, 6) is 0.255. The van der Waals surface area contributed by atoms with Gasteiger partial charge in [-0.1, -0.05) is 23.5 Å². The highest BCUT2D eigenvalue weighted by atomic mass is 32.1. The smallest absolute Gasteiger partial charge is 0.280 e. The summed E-state index contributed by atoms with van der Waals surface area (Å²) in [4.78, 5) is 20.9. The maximum absolute atomic E-state index is 13.3. The Morgan fingerprint density at radius 2 is 1.97 bits per heavy atom. The summed E-state index contributed by atoms with van der Waals surface area (Å²) in [5, 5.41) is 21.2. The Labute approximate surface area is 208 Å². The Bertz CT molecular complexity index is 1470. The zero-order valence-electron chi connectivity index (χ0n) is 18.9. The van der Waals surface area contributed by atoms with Crippen molar-refractivity contribution in [3.05, 3.63) is 82.4 Å². The molecule has 1 aromatic carbocycles. The van der Waals surface area contributed by atoms with E-state index < -0.39 is 18.0 Å². The van der Waals surface area contributed by atoms with Crippen LogP contribution in [0.3, 0.4) is 0 Å². The third-order valence-corrected chi connectivity index (χ3v) is 6.90. The number of carbonyl (C=O) groups excluding carboxylic acids is 1. The first-order valence-electron chi connectivity index (χ1n) is 10.9. The molecular formula is C25H18F2N6O2S. The van der Waals surface area contributed by atoms with Crippen LogP contribution in [0.2, 0.25) is 0 Å². The molecule has 1 aliphatic rings. The van der Waals surface area contributed by atoms with Crippen molar-refractivity contribution in [3.8, 4) is 22.9 Å². The van der Waals surface area contributed by atoms with Crippen LogP contribution in [0.15, 0.2) is 55.0 Å². The number of nitrogens with zero attached hydrogens (tertiary/aromatic N) is 5. The molecule has 1 aliphatic carbocycles. The maximum atomic E-state index is 13.3. The summed E-state index contributed by atoms with van der Waals surface area (Å²) in [7, 11) is 1.39. The second-order valence-electron chi connectivity index (χ2n) is 8.11. The molecule has 180 valence electrons. The molecule has 0 radical (unpaired) electrons. The summed E-state index contributed by atoms with van der Waals surface area (Å²) in [6.07, 6.45) is 2.19. The Hall–Kier alpha value is -4.30. The minimum atomic E-state index is -2.78. The van der Waals surface area contributed by atoms with Crippen LogP contribution >= 0.6 is 11.3 Å². The van der Waals surface area contributed by atoms with Gasteiger partial charge in [0.25, 0.3) is 12.3 Å². The molecule has 1 fully saturated rings. The average molecular weight is 505 g/mol. The molecule has 3 heterocycles. The second-order valence-corrected chi connectivity index (χ2v) is 9.12. The van der Waals surface area contributed by atoms with Gasteiger partial charge in [0, 0.05) is 29.4 Å². The van der Waals surface area contributed by atoms with Crippen LogP contribution < -0.4 is 10.1 Å². The fourth-order valence-electron chi connectivity index (χ4n) is 4.00. The van der Waals surface area contributed by atoms with Gasteiger partial charge < -0.3 is 4.74 Å². The molecule has 0 spiro atoms. The molecule has 36 heavy (non-hydrogen) atoms. The number of nitrogens with one attached hydrogen (secondary N) is 1. The fourth-order valence-corrected chi connectivity index (χ4v) is 4.92. The number of alkyl halides is 2. The summed E-state index contributed by atoms with van der Waals surface area (Å²) >= 11 is 1.29. The van der Waals surface area contributed by atoms with Crippen molar-refractivity contribution in [2.24, 2.45) is 0 Å². The van der Waals surface area contributed by atoms with Gasteiger partial charge in [-0.3, -0.25) is 20.1 Å². The van der Waals surface area contributed by atoms with E-state index in [1.54, 1.807) is 12.1 Å². The van der Waals surface area contributed by atoms with Crippen molar-refractivity contribution >= 4 is 22.4 Å². The molecule has 4 aromatic rings. The first kappa shape index (κ1) is 23.4. The van der Waals surface area contributed by atoms with Gasteiger partial charge in [-0.25, -0.2) is 8.78 Å². The Morgan fingerprint density at radius 3 is 2.69 bits per heavy atom. The Kier molecular flexibility index (Phi) is 6.35. The summed E-state index contributed by atoms with van der Waals surface area (Å²) in [6.45, 7) is 0. The van der Waals surface area contributed by atoms with Gasteiger partial charge in [0.2, 0.25) is 5.13 Å². The molecule has 0 aliphatic heterocycles. The topological polar surface area (TPSA) is 114 Å². The minimum absolute atomic E-state index is 0.200. The average Bonchev–Trinajstić information content (AvgIpc) is 3.58. The van der Waals surface area contributed by atoms with Crippen molar-refractivity contribution in [3.63, 3.8) is 0 Å². The molecule has 1 saturated carbocycles. The van der Waals surface area contributed by atoms with Crippen LogP contribution in [-0.2, 0) is 0 Å². The number of nitriles is 1. The first-order chi connectivity index (χ1) is 17.5. The second kappa shape index (κ2) is 9.75. The summed E-state index contributed by atoms with van der Waals surface area (Å²) in [6, 6.07) is 12.3. The number of methoxy groups -OCH3 is 1. The van der Waals surface area contributed by atoms with Gasteiger partial charge >= 0.3 is 0 Å². The number of hydrogen-bond acceptors (Lipinski definition) is 8. The number of halogens is 2. The molecule has 5 rings (SSSR count). The molecular weight excluding hydrogens is 486 g/mol. The number of anilines is 1. The van der Waals surface area contributed by atoms with Crippen molar-refractivity contribution < 1.29 is 18.3 Å². The lowest BCUT2D eigenvalue weighted by atomic mass is 10.0. The SMILES string of the molecule is COc1cnc(C(F)F)cc1-c1cnccc1C(=O)Nc1nnc([C@@H]2C[C@H]2c2ccc(C#N)cc2)s1. The van der Waals surface area contributed by atoms with Gasteiger partial charge in [0.05, 0.1) is 30.5 Å². The lowest BCUT2D eigenvalue weighted by Gasteiger charge is -2.13. The van der Waals surface area contributed by atoms with Crippen LogP contribution in [0.5, 0.6) is 5.75 Å². The van der Waals surface area contributed by atoms with E-state index in [1.807, 2.05) is 12.1 Å². The van der Waals surface area contributed by atoms with E-state index in [2.05, 4.69) is 31.6 Å². The molecule has 8 nitrogen and oxygen atoms in total. The molecule has 0 bridgehead atoms. The van der Waals surface area contributed by atoms with E-state index in [4.69, 9.17) is 10.00 Å². The van der Waals surface area contributed by atoms with Gasteiger partial charge in [0.1, 0.15) is 16.5 Å². The van der Waals surface area contributed by atoms with E-state index in [0.29, 0.717) is 22.2 Å². The van der Waals surface area contributed by atoms with E-state index in [-0.39, 0.29) is 22.8 Å². The lowest BCUT2D eigenvalue weighted by Crippen LogP contribution is -2.13. The number of benzene rings is 1. The van der Waals surface area contributed by atoms with Crippen LogP contribution in [0, 0.1) is 11.3 Å². The van der Waals surface area contributed by atoms with Gasteiger partial charge in [-0.15, -0.1) is 10.2 Å². The zero-order valence-corrected chi connectivity index (χ0v) is 19.7. The van der Waals surface area contributed by atoms with Gasteiger partial charge in [0.15, 0.2) is 0 Å². The van der Waals surface area contributed by atoms with Gasteiger partial charge in [-0.05, 0) is 42.2 Å². The summed E-state index contributed by atoms with van der Waals surface area (Å²) < 4.78 is 31.8. The summed E-state index contributed by atoms with van der Waals surface area (Å²) in [5.41, 5.74) is 2.13. The third-order valence-electron chi connectivity index (χ3n) is 5.92. The minimum Gasteiger partial charge on any atom is -0.494 e. The number of carbonyl (C=O) groups is 1. The normalized spacial score (nSPS) is 16.4. The Balaban J connectivity index is 1.35. The fraction of sp³-hybridized carbons (Fsp3) is 0.200. The molecule has 1 N–H and O–H groups in total. The highest BCUT2D eigenvalue weighted by Crippen LogP contribution is 2.55. The number of aromatic nitrogens is 4. The Morgan fingerprint density at radius 1 is 1.17 bits per heavy atom. The number of ether oxygens (including phenoxy) is 1. The maximum Gasteiger partial charge on any atom is 0.280 e. The molecule has 3 aromatic heterocycles. The molecule has 0 unspecified atom stereocenters. The van der Waals surface area contributed by atoms with Crippen molar-refractivity contribution in [2.75, 3.05) is 12.4 Å². The van der Waals surface area contributed by atoms with Crippen molar-refractivity contribution in [1.82, 2.24) is 20.2 Å². The van der Waals surface area contributed by atoms with Crippen molar-refractivity contribution in [1.29, 1.82) is 5.26 Å². The highest BCUT2D eigenvalue weighted by Gasteiger charge is 2.42. The standard InChI is InChI=1S/C25H18F2N6O2S/c1-35-21-12-30-20(22(26)27)9-17(21)19-11-29-7-6-15(19)23(34)31-25-33-32-24(36-25)18-8-16(18)14-4-2-13(10-28)3-5-14/h2-7,9,11-12,16,18,22H,8H2,1H3,(H,31,33,34)/t16-,18+/m0/s1. The van der Waals surface area contributed by atoms with Crippen LogP contribution in [-0.4, -0.2) is 33.2 Å². The van der Waals surface area contributed by atoms with E-state index in [0.717, 1.165) is 17.0 Å². The predicted molar refractivity (Wildman–Crippen MR) is 128 cm³/mol. The largest absolute Gasteiger partial charge is 0.494 e. The molecule has 1 amide bonds. The highest BCUT2D eigenvalue weighted by molar-refractivity contribution is 7.15. The predicted octanol–water partition coefficient (Wildman–Crippen LogP) is 5.34. The quantitative estimate of drug-likeness (QED) is 0.362. The van der Waals surface area contributed by atoms with Gasteiger partial charge in [-0.2, -0.15) is 5.26 Å². The van der Waals surface area contributed by atoms with E-state index in [1.165, 1.54) is 49.2 Å². The number of rotatable bonds is 7. The first-order valence-corrected chi connectivity index (χ1v) is 11.7. The van der Waals surface area contributed by atoms with Crippen LogP contribution in [0.25, 0.3) is 11.1 Å². The van der Waals surface area contributed by atoms with Crippen LogP contribution in [0.4, 0.5) is 13.9 Å². The van der Waals surface area contributed by atoms with Crippen molar-refractivity contribution in [2.45, 2.75) is 24.7 Å². The van der Waals surface area contributed by atoms with E-state index >= 15 is 0 Å². The zero-order chi connectivity index (χ0) is 25.2. The third kappa shape index (κ3) is 4.63.